The summed E-state index contributed by atoms with van der Waals surface area (Å²) in [4.78, 5) is 13.9. The quantitative estimate of drug-likeness (QED) is 0.313. The van der Waals surface area contributed by atoms with Crippen LogP contribution >= 0.6 is 0 Å². The first-order valence-corrected chi connectivity index (χ1v) is 10.8. The summed E-state index contributed by atoms with van der Waals surface area (Å²) in [5.41, 5.74) is 3.57. The van der Waals surface area contributed by atoms with Crippen LogP contribution in [-0.2, 0) is 0 Å². The summed E-state index contributed by atoms with van der Waals surface area (Å²) in [5.74, 6) is -0.137. The van der Waals surface area contributed by atoms with Crippen molar-refractivity contribution < 1.29 is 9.90 Å². The van der Waals surface area contributed by atoms with Gasteiger partial charge in [-0.15, -0.1) is 0 Å². The van der Waals surface area contributed by atoms with E-state index in [2.05, 4.69) is 72.8 Å². The smallest absolute Gasteiger partial charge is 0.256 e. The molecule has 3 nitrogen and oxygen atoms in total. The number of aliphatic hydroxyl groups excluding tert-OH is 1. The van der Waals surface area contributed by atoms with Gasteiger partial charge in [0, 0.05) is 18.2 Å². The Balaban J connectivity index is 1.50. The topological polar surface area (TPSA) is 40.5 Å². The van der Waals surface area contributed by atoms with Crippen molar-refractivity contribution in [3.05, 3.63) is 96.1 Å². The lowest BCUT2D eigenvalue weighted by atomic mass is 9.89. The molecule has 0 aliphatic carbocycles. The van der Waals surface area contributed by atoms with Crippen LogP contribution in [0.4, 0.5) is 0 Å². The van der Waals surface area contributed by atoms with Gasteiger partial charge in [0.15, 0.2) is 6.23 Å². The molecule has 1 aliphatic rings. The molecular formula is C29H19NO2. The number of benzene rings is 6. The number of carbonyl (C=O) groups is 1. The number of nitrogens with zero attached hydrogens (tertiary/aromatic N) is 1. The molecule has 6 aromatic rings. The third-order valence-electron chi connectivity index (χ3n) is 7.04. The zero-order valence-corrected chi connectivity index (χ0v) is 17.5. The van der Waals surface area contributed by atoms with Crippen LogP contribution in [0.15, 0.2) is 84.9 Å². The molecule has 3 heteroatoms. The lowest BCUT2D eigenvalue weighted by Gasteiger charge is -2.15. The van der Waals surface area contributed by atoms with Crippen LogP contribution in [0.25, 0.3) is 54.2 Å². The van der Waals surface area contributed by atoms with Gasteiger partial charge in [-0.3, -0.25) is 4.79 Å². The average molecular weight is 413 g/mol. The third kappa shape index (κ3) is 2.21. The third-order valence-corrected chi connectivity index (χ3v) is 7.04. The number of aliphatic hydroxyl groups is 1. The molecule has 1 unspecified atom stereocenters. The fraction of sp³-hybridized carbons (Fsp3) is 0.0690. The van der Waals surface area contributed by atoms with Crippen LogP contribution in [0, 0.1) is 0 Å². The Morgan fingerprint density at radius 3 is 2.19 bits per heavy atom. The summed E-state index contributed by atoms with van der Waals surface area (Å²) in [6.45, 7) is 0. The molecule has 0 fully saturated rings. The largest absolute Gasteiger partial charge is 0.369 e. The summed E-state index contributed by atoms with van der Waals surface area (Å²) < 4.78 is 0. The minimum absolute atomic E-state index is 0.137. The maximum absolute atomic E-state index is 12.5. The maximum Gasteiger partial charge on any atom is 0.256 e. The number of carbonyl (C=O) groups excluding carboxylic acids is 1. The molecule has 0 saturated carbocycles. The number of hydrogen-bond acceptors (Lipinski definition) is 2. The van der Waals surface area contributed by atoms with E-state index in [0.29, 0.717) is 11.1 Å². The van der Waals surface area contributed by atoms with Crippen LogP contribution < -0.4 is 0 Å². The Bertz CT molecular complexity index is 1720. The summed E-state index contributed by atoms with van der Waals surface area (Å²) in [6.07, 6.45) is -0.876. The van der Waals surface area contributed by atoms with Gasteiger partial charge < -0.3 is 10.0 Å². The second-order valence-corrected chi connectivity index (χ2v) is 8.76. The molecule has 1 atom stereocenters. The normalized spacial score (nSPS) is 16.1. The highest BCUT2D eigenvalue weighted by Crippen LogP contribution is 2.40. The Kier molecular flexibility index (Phi) is 3.35. The van der Waals surface area contributed by atoms with Crippen molar-refractivity contribution in [3.8, 4) is 11.1 Å². The highest BCUT2D eigenvalue weighted by molar-refractivity contribution is 6.25. The van der Waals surface area contributed by atoms with Gasteiger partial charge in [-0.25, -0.2) is 0 Å². The number of amides is 1. The van der Waals surface area contributed by atoms with Crippen molar-refractivity contribution in [1.82, 2.24) is 4.90 Å². The lowest BCUT2D eigenvalue weighted by Crippen LogP contribution is -2.22. The van der Waals surface area contributed by atoms with Crippen molar-refractivity contribution in [1.29, 1.82) is 0 Å². The molecular weight excluding hydrogens is 394 g/mol. The first-order valence-electron chi connectivity index (χ1n) is 10.8. The highest BCUT2D eigenvalue weighted by Gasteiger charge is 2.33. The van der Waals surface area contributed by atoms with Crippen molar-refractivity contribution in [3.63, 3.8) is 0 Å². The van der Waals surface area contributed by atoms with Gasteiger partial charge in [-0.2, -0.15) is 0 Å². The van der Waals surface area contributed by atoms with E-state index in [1.54, 1.807) is 7.05 Å². The minimum Gasteiger partial charge on any atom is -0.369 e. The zero-order valence-electron chi connectivity index (χ0n) is 17.5. The van der Waals surface area contributed by atoms with Gasteiger partial charge in [0.05, 0.1) is 0 Å². The van der Waals surface area contributed by atoms with E-state index in [-0.39, 0.29) is 5.91 Å². The molecule has 0 radical (unpaired) electrons. The molecule has 1 aliphatic heterocycles. The standard InChI is InChI=1S/C29H19NO2/c1-30-28(31)24-14-19-7-8-20(13-21(19)15-25(24)29(30)32)22-11-9-18-6-5-16-3-2-4-17-10-12-23(22)27(18)26(16)17/h2-15,28,31H,1H3. The van der Waals surface area contributed by atoms with E-state index in [1.807, 2.05) is 12.1 Å². The van der Waals surface area contributed by atoms with Crippen molar-refractivity contribution >= 4 is 49.0 Å². The molecule has 6 aromatic carbocycles. The summed E-state index contributed by atoms with van der Waals surface area (Å²) in [6, 6.07) is 29.9. The van der Waals surface area contributed by atoms with E-state index in [9.17, 15) is 9.90 Å². The minimum atomic E-state index is -0.876. The van der Waals surface area contributed by atoms with E-state index in [4.69, 9.17) is 0 Å². The van der Waals surface area contributed by atoms with Crippen LogP contribution in [0.2, 0.25) is 0 Å². The lowest BCUT2D eigenvalue weighted by molar-refractivity contribution is 0.0302. The van der Waals surface area contributed by atoms with Crippen molar-refractivity contribution in [2.24, 2.45) is 0 Å². The van der Waals surface area contributed by atoms with Gasteiger partial charge >= 0.3 is 0 Å². The van der Waals surface area contributed by atoms with E-state index < -0.39 is 6.23 Å². The van der Waals surface area contributed by atoms with E-state index in [1.165, 1.54) is 42.8 Å². The molecule has 32 heavy (non-hydrogen) atoms. The fourth-order valence-electron chi connectivity index (χ4n) is 5.38. The van der Waals surface area contributed by atoms with Gasteiger partial charge in [0.2, 0.25) is 0 Å². The molecule has 0 spiro atoms. The monoisotopic (exact) mass is 413 g/mol. The number of rotatable bonds is 1. The Morgan fingerprint density at radius 1 is 0.688 bits per heavy atom. The van der Waals surface area contributed by atoms with Crippen LogP contribution in [0.5, 0.6) is 0 Å². The molecule has 152 valence electrons. The predicted octanol–water partition coefficient (Wildman–Crippen LogP) is 6.48. The van der Waals surface area contributed by atoms with Crippen LogP contribution in [0.3, 0.4) is 0 Å². The zero-order chi connectivity index (χ0) is 21.6. The van der Waals surface area contributed by atoms with Crippen molar-refractivity contribution in [2.45, 2.75) is 6.23 Å². The molecule has 0 bridgehead atoms. The summed E-state index contributed by atoms with van der Waals surface area (Å²) in [7, 11) is 1.63. The summed E-state index contributed by atoms with van der Waals surface area (Å²) in [5, 5.41) is 20.0. The van der Waals surface area contributed by atoms with Gasteiger partial charge in [-0.1, -0.05) is 66.7 Å². The first-order chi connectivity index (χ1) is 15.6. The van der Waals surface area contributed by atoms with Crippen LogP contribution in [0.1, 0.15) is 22.1 Å². The number of fused-ring (bicyclic) bond motifs is 2. The van der Waals surface area contributed by atoms with E-state index >= 15 is 0 Å². The maximum atomic E-state index is 12.5. The highest BCUT2D eigenvalue weighted by atomic mass is 16.3. The molecule has 0 aromatic heterocycles. The fourth-order valence-corrected chi connectivity index (χ4v) is 5.38. The van der Waals surface area contributed by atoms with Gasteiger partial charge in [0.1, 0.15) is 0 Å². The molecule has 1 N–H and O–H groups in total. The second-order valence-electron chi connectivity index (χ2n) is 8.76. The second kappa shape index (κ2) is 6.06. The van der Waals surface area contributed by atoms with E-state index in [0.717, 1.165) is 16.3 Å². The van der Waals surface area contributed by atoms with Gasteiger partial charge in [-0.05, 0) is 72.4 Å². The SMILES string of the molecule is CN1C(=O)c2cc3cc(-c4ccc5ccc6cccc7ccc4c5c67)ccc3cc2C1O. The summed E-state index contributed by atoms with van der Waals surface area (Å²) >= 11 is 0. The Labute approximate surface area is 184 Å². The first kappa shape index (κ1) is 17.7. The van der Waals surface area contributed by atoms with Crippen molar-refractivity contribution in [2.75, 3.05) is 7.05 Å². The Hall–Kier alpha value is -3.95. The van der Waals surface area contributed by atoms with Gasteiger partial charge in [0.25, 0.3) is 5.91 Å². The van der Waals surface area contributed by atoms with Crippen LogP contribution in [-0.4, -0.2) is 23.0 Å². The average Bonchev–Trinajstić information content (AvgIpc) is 3.04. The molecule has 0 saturated heterocycles. The molecule has 1 amide bonds. The predicted molar refractivity (Wildman–Crippen MR) is 130 cm³/mol. The molecule has 7 rings (SSSR count). The Morgan fingerprint density at radius 2 is 1.38 bits per heavy atom. The molecule has 1 heterocycles. The number of hydrogen-bond donors (Lipinski definition) is 1.